The van der Waals surface area contributed by atoms with Gasteiger partial charge in [0.15, 0.2) is 5.13 Å². The zero-order valence-corrected chi connectivity index (χ0v) is 14.8. The second-order valence-corrected chi connectivity index (χ2v) is 7.66. The van der Waals surface area contributed by atoms with E-state index in [-0.39, 0.29) is 24.4 Å². The van der Waals surface area contributed by atoms with Crippen molar-refractivity contribution in [2.45, 2.75) is 76.3 Å². The molecule has 24 heavy (non-hydrogen) atoms. The van der Waals surface area contributed by atoms with Crippen molar-refractivity contribution >= 4 is 28.4 Å². The van der Waals surface area contributed by atoms with Crippen molar-refractivity contribution in [2.24, 2.45) is 0 Å². The SMILES string of the molecule is O=C(Cc1csc(NC(=O)NC2CCCCC2)n1)NC1CCCC1. The van der Waals surface area contributed by atoms with Crippen molar-refractivity contribution in [2.75, 3.05) is 5.32 Å². The van der Waals surface area contributed by atoms with Crippen molar-refractivity contribution < 1.29 is 9.59 Å². The van der Waals surface area contributed by atoms with E-state index < -0.39 is 0 Å². The third-order valence-electron chi connectivity index (χ3n) is 4.77. The standard InChI is InChI=1S/C17H26N4O2S/c22-15(18-12-8-4-5-9-12)10-14-11-24-17(20-14)21-16(23)19-13-6-2-1-3-7-13/h11-13H,1-10H2,(H,18,22)(H2,19,20,21,23). The molecule has 0 bridgehead atoms. The third-order valence-corrected chi connectivity index (χ3v) is 5.58. The smallest absolute Gasteiger partial charge is 0.321 e. The highest BCUT2D eigenvalue weighted by Crippen LogP contribution is 2.20. The fourth-order valence-electron chi connectivity index (χ4n) is 3.52. The highest BCUT2D eigenvalue weighted by Gasteiger charge is 2.19. The molecule has 0 unspecified atom stereocenters. The zero-order chi connectivity index (χ0) is 16.8. The molecule has 132 valence electrons. The predicted molar refractivity (Wildman–Crippen MR) is 95.2 cm³/mol. The summed E-state index contributed by atoms with van der Waals surface area (Å²) < 4.78 is 0. The maximum Gasteiger partial charge on any atom is 0.321 e. The third kappa shape index (κ3) is 5.19. The molecule has 0 aromatic carbocycles. The van der Waals surface area contributed by atoms with Crippen LogP contribution in [-0.4, -0.2) is 29.0 Å². The van der Waals surface area contributed by atoms with Crippen LogP contribution in [0.1, 0.15) is 63.5 Å². The minimum atomic E-state index is -0.196. The first-order valence-corrected chi connectivity index (χ1v) is 9.88. The lowest BCUT2D eigenvalue weighted by Crippen LogP contribution is -2.39. The Bertz CT molecular complexity index is 563. The molecule has 3 rings (SSSR count). The maximum absolute atomic E-state index is 12.0. The first kappa shape index (κ1) is 17.2. The van der Waals surface area contributed by atoms with E-state index in [0.29, 0.717) is 16.9 Å². The van der Waals surface area contributed by atoms with Crippen LogP contribution in [0, 0.1) is 0 Å². The summed E-state index contributed by atoms with van der Waals surface area (Å²) in [5, 5.41) is 11.2. The first-order valence-electron chi connectivity index (χ1n) is 9.00. The molecule has 0 saturated heterocycles. The number of hydrogen-bond donors (Lipinski definition) is 3. The minimum absolute atomic E-state index is 0.0189. The molecule has 3 amide bonds. The van der Waals surface area contributed by atoms with Gasteiger partial charge in [0.2, 0.25) is 5.91 Å². The lowest BCUT2D eigenvalue weighted by atomic mass is 9.96. The summed E-state index contributed by atoms with van der Waals surface area (Å²) in [6.07, 6.45) is 10.6. The van der Waals surface area contributed by atoms with Crippen molar-refractivity contribution in [1.82, 2.24) is 15.6 Å². The van der Waals surface area contributed by atoms with Crippen molar-refractivity contribution in [1.29, 1.82) is 0 Å². The van der Waals surface area contributed by atoms with Gasteiger partial charge in [-0.15, -0.1) is 11.3 Å². The molecule has 7 heteroatoms. The van der Waals surface area contributed by atoms with Crippen LogP contribution >= 0.6 is 11.3 Å². The molecule has 2 aliphatic carbocycles. The molecular formula is C17H26N4O2S. The average Bonchev–Trinajstić information content (AvgIpc) is 3.20. The van der Waals surface area contributed by atoms with Crippen molar-refractivity contribution in [3.63, 3.8) is 0 Å². The summed E-state index contributed by atoms with van der Waals surface area (Å²) in [6, 6.07) is 0.406. The van der Waals surface area contributed by atoms with Gasteiger partial charge in [-0.1, -0.05) is 32.1 Å². The number of amides is 3. The molecule has 3 N–H and O–H groups in total. The summed E-state index contributed by atoms with van der Waals surface area (Å²) in [5.74, 6) is 0.0189. The van der Waals surface area contributed by atoms with Crippen LogP contribution in [0.25, 0.3) is 0 Å². The Hall–Kier alpha value is -1.63. The summed E-state index contributed by atoms with van der Waals surface area (Å²) in [4.78, 5) is 28.4. The van der Waals surface area contributed by atoms with Crippen LogP contribution < -0.4 is 16.0 Å². The molecule has 1 heterocycles. The Morgan fingerprint density at radius 2 is 1.62 bits per heavy atom. The highest BCUT2D eigenvalue weighted by molar-refractivity contribution is 7.13. The number of anilines is 1. The number of hydrogen-bond acceptors (Lipinski definition) is 4. The van der Waals surface area contributed by atoms with E-state index in [1.165, 1.54) is 43.4 Å². The fourth-order valence-corrected chi connectivity index (χ4v) is 4.23. The van der Waals surface area contributed by atoms with E-state index in [4.69, 9.17) is 0 Å². The largest absolute Gasteiger partial charge is 0.353 e. The van der Waals surface area contributed by atoms with E-state index >= 15 is 0 Å². The van der Waals surface area contributed by atoms with E-state index in [0.717, 1.165) is 25.7 Å². The van der Waals surface area contributed by atoms with Gasteiger partial charge in [-0.3, -0.25) is 10.1 Å². The average molecular weight is 350 g/mol. The van der Waals surface area contributed by atoms with Gasteiger partial charge in [0.1, 0.15) is 0 Å². The molecular weight excluding hydrogens is 324 g/mol. The number of rotatable bonds is 5. The number of urea groups is 1. The Morgan fingerprint density at radius 3 is 2.33 bits per heavy atom. The van der Waals surface area contributed by atoms with Crippen molar-refractivity contribution in [3.05, 3.63) is 11.1 Å². The molecule has 0 spiro atoms. The fraction of sp³-hybridized carbons (Fsp3) is 0.706. The van der Waals surface area contributed by atoms with Gasteiger partial charge in [0, 0.05) is 17.5 Å². The van der Waals surface area contributed by atoms with Gasteiger partial charge in [0.05, 0.1) is 12.1 Å². The number of nitrogens with zero attached hydrogens (tertiary/aromatic N) is 1. The second-order valence-electron chi connectivity index (χ2n) is 6.80. The maximum atomic E-state index is 12.0. The van der Waals surface area contributed by atoms with Gasteiger partial charge in [-0.25, -0.2) is 9.78 Å². The molecule has 0 radical (unpaired) electrons. The first-order chi connectivity index (χ1) is 11.7. The van der Waals surface area contributed by atoms with E-state index in [9.17, 15) is 9.59 Å². The molecule has 0 atom stereocenters. The van der Waals surface area contributed by atoms with Crippen molar-refractivity contribution in [3.8, 4) is 0 Å². The molecule has 6 nitrogen and oxygen atoms in total. The Balaban J connectivity index is 1.42. The van der Waals surface area contributed by atoms with Crippen LogP contribution in [0.3, 0.4) is 0 Å². The van der Waals surface area contributed by atoms with E-state index in [1.807, 2.05) is 5.38 Å². The number of carbonyl (C=O) groups is 2. The molecule has 2 saturated carbocycles. The van der Waals surface area contributed by atoms with Gasteiger partial charge in [0.25, 0.3) is 0 Å². The topological polar surface area (TPSA) is 83.1 Å². The monoisotopic (exact) mass is 350 g/mol. The second kappa shape index (κ2) is 8.46. The van der Waals surface area contributed by atoms with E-state index in [2.05, 4.69) is 20.9 Å². The molecule has 2 fully saturated rings. The Labute approximate surface area is 146 Å². The van der Waals surface area contributed by atoms with Gasteiger partial charge in [-0.05, 0) is 25.7 Å². The van der Waals surface area contributed by atoms with Crippen LogP contribution in [0.4, 0.5) is 9.93 Å². The number of thiazole rings is 1. The van der Waals surface area contributed by atoms with Crippen LogP contribution in [-0.2, 0) is 11.2 Å². The summed E-state index contributed by atoms with van der Waals surface area (Å²) in [7, 11) is 0. The molecule has 1 aromatic heterocycles. The Kier molecular flexibility index (Phi) is 6.07. The molecule has 0 aliphatic heterocycles. The normalized spacial score (nSPS) is 19.2. The Morgan fingerprint density at radius 1 is 1.00 bits per heavy atom. The highest BCUT2D eigenvalue weighted by atomic mass is 32.1. The van der Waals surface area contributed by atoms with Crippen LogP contribution in [0.2, 0.25) is 0 Å². The van der Waals surface area contributed by atoms with E-state index in [1.54, 1.807) is 0 Å². The number of nitrogens with one attached hydrogen (secondary N) is 3. The van der Waals surface area contributed by atoms with Gasteiger partial charge in [-0.2, -0.15) is 0 Å². The minimum Gasteiger partial charge on any atom is -0.353 e. The zero-order valence-electron chi connectivity index (χ0n) is 14.0. The molecule has 2 aliphatic rings. The van der Waals surface area contributed by atoms with Gasteiger partial charge >= 0.3 is 6.03 Å². The number of aromatic nitrogens is 1. The lowest BCUT2D eigenvalue weighted by Gasteiger charge is -2.22. The number of carbonyl (C=O) groups excluding carboxylic acids is 2. The predicted octanol–water partition coefficient (Wildman–Crippen LogP) is 3.20. The molecule has 1 aromatic rings. The lowest BCUT2D eigenvalue weighted by molar-refractivity contribution is -0.121. The summed E-state index contributed by atoms with van der Waals surface area (Å²) >= 11 is 1.36. The van der Waals surface area contributed by atoms with Crippen LogP contribution in [0.5, 0.6) is 0 Å². The van der Waals surface area contributed by atoms with Crippen LogP contribution in [0.15, 0.2) is 5.38 Å². The summed E-state index contributed by atoms with van der Waals surface area (Å²) in [5.41, 5.74) is 0.712. The summed E-state index contributed by atoms with van der Waals surface area (Å²) in [6.45, 7) is 0. The van der Waals surface area contributed by atoms with Gasteiger partial charge < -0.3 is 10.6 Å². The quantitative estimate of drug-likeness (QED) is 0.762.